The van der Waals surface area contributed by atoms with Gasteiger partial charge >= 0.3 is 0 Å². The summed E-state index contributed by atoms with van der Waals surface area (Å²) in [6.45, 7) is 4.78. The fourth-order valence-electron chi connectivity index (χ4n) is 3.56. The summed E-state index contributed by atoms with van der Waals surface area (Å²) < 4.78 is 0. The van der Waals surface area contributed by atoms with E-state index in [1.165, 1.54) is 51.7 Å². The van der Waals surface area contributed by atoms with Crippen LogP contribution in [0.5, 0.6) is 0 Å². The molecule has 0 aromatic heterocycles. The van der Waals surface area contributed by atoms with E-state index in [0.717, 1.165) is 6.54 Å². The van der Waals surface area contributed by atoms with Crippen LogP contribution in [0.4, 0.5) is 0 Å². The molecule has 2 unspecified atom stereocenters. The fraction of sp³-hybridized carbons (Fsp3) is 0.846. The van der Waals surface area contributed by atoms with Gasteiger partial charge in [0.2, 0.25) is 0 Å². The molecule has 2 fully saturated rings. The summed E-state index contributed by atoms with van der Waals surface area (Å²) in [6, 6.07) is 0.519. The maximum absolute atomic E-state index is 3.83. The molecule has 16 heavy (non-hydrogen) atoms. The van der Waals surface area contributed by atoms with Gasteiger partial charge in [-0.15, -0.1) is 0 Å². The first-order chi connectivity index (χ1) is 7.92. The van der Waals surface area contributed by atoms with Gasteiger partial charge < -0.3 is 5.32 Å². The van der Waals surface area contributed by atoms with Gasteiger partial charge in [0.25, 0.3) is 0 Å². The average molecular weight is 221 g/mol. The van der Waals surface area contributed by atoms with E-state index in [-0.39, 0.29) is 5.66 Å². The maximum Gasteiger partial charge on any atom is 0.0907 e. The van der Waals surface area contributed by atoms with Crippen molar-refractivity contribution in [3.05, 3.63) is 12.2 Å². The highest BCUT2D eigenvalue weighted by Crippen LogP contribution is 2.31. The molecule has 0 radical (unpaired) electrons. The number of hydrogen-bond donors (Lipinski definition) is 2. The van der Waals surface area contributed by atoms with E-state index in [2.05, 4.69) is 27.7 Å². The monoisotopic (exact) mass is 221 g/mol. The van der Waals surface area contributed by atoms with Gasteiger partial charge in [0.15, 0.2) is 0 Å². The molecule has 90 valence electrons. The molecule has 0 aliphatic carbocycles. The Morgan fingerprint density at radius 1 is 1.12 bits per heavy atom. The molecular formula is C13H23N3. The van der Waals surface area contributed by atoms with Crippen molar-refractivity contribution in [3.63, 3.8) is 0 Å². The summed E-state index contributed by atoms with van der Waals surface area (Å²) >= 11 is 0. The lowest BCUT2D eigenvalue weighted by Crippen LogP contribution is -2.68. The van der Waals surface area contributed by atoms with E-state index in [1.807, 2.05) is 0 Å². The Kier molecular flexibility index (Phi) is 3.01. The molecule has 0 amide bonds. The van der Waals surface area contributed by atoms with Crippen LogP contribution in [-0.4, -0.2) is 42.8 Å². The fourth-order valence-corrected chi connectivity index (χ4v) is 3.56. The molecule has 0 aromatic carbocycles. The van der Waals surface area contributed by atoms with Crippen LogP contribution in [0.15, 0.2) is 12.2 Å². The molecule has 3 heteroatoms. The Morgan fingerprint density at radius 3 is 2.62 bits per heavy atom. The van der Waals surface area contributed by atoms with E-state index >= 15 is 0 Å². The molecule has 2 N–H and O–H groups in total. The molecule has 0 aromatic rings. The maximum atomic E-state index is 3.83. The zero-order valence-electron chi connectivity index (χ0n) is 10.0. The number of hydrogen-bond acceptors (Lipinski definition) is 3. The molecule has 0 saturated carbocycles. The van der Waals surface area contributed by atoms with Crippen LogP contribution in [0, 0.1) is 0 Å². The highest BCUT2D eigenvalue weighted by atomic mass is 15.4. The molecule has 2 saturated heterocycles. The van der Waals surface area contributed by atoms with Gasteiger partial charge in [0, 0.05) is 6.54 Å². The lowest BCUT2D eigenvalue weighted by molar-refractivity contribution is 0.0306. The zero-order valence-corrected chi connectivity index (χ0v) is 10.0. The van der Waals surface area contributed by atoms with Gasteiger partial charge in [0.05, 0.1) is 11.7 Å². The van der Waals surface area contributed by atoms with Crippen LogP contribution in [-0.2, 0) is 0 Å². The van der Waals surface area contributed by atoms with Crippen LogP contribution < -0.4 is 10.6 Å². The first-order valence-corrected chi connectivity index (χ1v) is 6.82. The summed E-state index contributed by atoms with van der Waals surface area (Å²) in [6.07, 6.45) is 11.4. The number of rotatable bonds is 2. The molecule has 0 spiro atoms. The van der Waals surface area contributed by atoms with E-state index in [9.17, 15) is 0 Å². The lowest BCUT2D eigenvalue weighted by atomic mass is 9.89. The molecule has 2 atom stereocenters. The molecule has 3 nitrogen and oxygen atoms in total. The second-order valence-corrected chi connectivity index (χ2v) is 5.32. The quantitative estimate of drug-likeness (QED) is 0.683. The Bertz CT molecular complexity index is 262. The van der Waals surface area contributed by atoms with Gasteiger partial charge in [-0.3, -0.25) is 10.2 Å². The minimum atomic E-state index is 0.224. The summed E-state index contributed by atoms with van der Waals surface area (Å²) in [5.74, 6) is 0. The Balaban J connectivity index is 1.82. The third-order valence-corrected chi connectivity index (χ3v) is 4.38. The van der Waals surface area contributed by atoms with Crippen molar-refractivity contribution in [3.8, 4) is 0 Å². The van der Waals surface area contributed by atoms with Crippen molar-refractivity contribution in [1.29, 1.82) is 0 Å². The minimum Gasteiger partial charge on any atom is -0.304 e. The van der Waals surface area contributed by atoms with Crippen molar-refractivity contribution in [2.24, 2.45) is 0 Å². The van der Waals surface area contributed by atoms with Gasteiger partial charge in [-0.25, -0.2) is 0 Å². The van der Waals surface area contributed by atoms with Crippen molar-refractivity contribution in [2.75, 3.05) is 26.2 Å². The van der Waals surface area contributed by atoms with E-state index in [4.69, 9.17) is 0 Å². The number of nitrogens with zero attached hydrogens (tertiary/aromatic N) is 1. The predicted octanol–water partition coefficient (Wildman–Crippen LogP) is 1.08. The summed E-state index contributed by atoms with van der Waals surface area (Å²) in [7, 11) is 0. The third-order valence-electron chi connectivity index (χ3n) is 4.38. The number of likely N-dealkylation sites (tertiary alicyclic amines) is 1. The van der Waals surface area contributed by atoms with Crippen LogP contribution in [0.1, 0.15) is 32.1 Å². The van der Waals surface area contributed by atoms with Gasteiger partial charge in [-0.1, -0.05) is 12.2 Å². The highest BCUT2D eigenvalue weighted by molar-refractivity contribution is 5.14. The average Bonchev–Trinajstić information content (AvgIpc) is 3.04. The largest absolute Gasteiger partial charge is 0.304 e. The molecule has 3 aliphatic rings. The molecule has 3 rings (SSSR count). The van der Waals surface area contributed by atoms with Gasteiger partial charge in [-0.2, -0.15) is 0 Å². The standard InChI is InChI=1S/C13H23N3/c1-2-9-15-13(7-1,12-6-5-8-14-12)16-10-3-4-11-16/h5-6,12,14-15H,1-4,7-11H2. The second kappa shape index (κ2) is 4.47. The second-order valence-electron chi connectivity index (χ2n) is 5.32. The van der Waals surface area contributed by atoms with Crippen molar-refractivity contribution in [1.82, 2.24) is 15.5 Å². The third kappa shape index (κ3) is 1.71. The van der Waals surface area contributed by atoms with E-state index in [0.29, 0.717) is 6.04 Å². The smallest absolute Gasteiger partial charge is 0.0907 e. The highest BCUT2D eigenvalue weighted by Gasteiger charge is 2.44. The van der Waals surface area contributed by atoms with Crippen LogP contribution in [0.2, 0.25) is 0 Å². The normalized spacial score (nSPS) is 40.6. The van der Waals surface area contributed by atoms with Crippen molar-refractivity contribution in [2.45, 2.75) is 43.8 Å². The summed E-state index contributed by atoms with van der Waals surface area (Å²) in [4.78, 5) is 2.69. The predicted molar refractivity (Wildman–Crippen MR) is 66.3 cm³/mol. The first kappa shape index (κ1) is 10.8. The zero-order chi connectivity index (χ0) is 10.8. The Hall–Kier alpha value is -0.380. The SMILES string of the molecule is C1=CC(C2(N3CCCC3)CCCCN2)NC1. The van der Waals surface area contributed by atoms with E-state index in [1.54, 1.807) is 0 Å². The molecular weight excluding hydrogens is 198 g/mol. The van der Waals surface area contributed by atoms with Gasteiger partial charge in [0.1, 0.15) is 0 Å². The molecule has 3 aliphatic heterocycles. The Labute approximate surface area is 98.3 Å². The first-order valence-electron chi connectivity index (χ1n) is 6.82. The topological polar surface area (TPSA) is 27.3 Å². The molecule has 0 bridgehead atoms. The van der Waals surface area contributed by atoms with Crippen LogP contribution in [0.3, 0.4) is 0 Å². The van der Waals surface area contributed by atoms with E-state index < -0.39 is 0 Å². The van der Waals surface area contributed by atoms with Crippen LogP contribution >= 0.6 is 0 Å². The summed E-state index contributed by atoms with van der Waals surface area (Å²) in [5.41, 5.74) is 0.224. The van der Waals surface area contributed by atoms with Gasteiger partial charge in [-0.05, 0) is 51.7 Å². The number of nitrogens with one attached hydrogen (secondary N) is 2. The molecule has 3 heterocycles. The Morgan fingerprint density at radius 2 is 2.00 bits per heavy atom. The summed E-state index contributed by atoms with van der Waals surface area (Å²) in [5, 5.41) is 7.46. The lowest BCUT2D eigenvalue weighted by Gasteiger charge is -2.49. The van der Waals surface area contributed by atoms with Crippen molar-refractivity contribution >= 4 is 0 Å². The number of piperidine rings is 1. The minimum absolute atomic E-state index is 0.224. The van der Waals surface area contributed by atoms with Crippen molar-refractivity contribution < 1.29 is 0 Å². The van der Waals surface area contributed by atoms with Crippen LogP contribution in [0.25, 0.3) is 0 Å².